The van der Waals surface area contributed by atoms with E-state index in [0.717, 1.165) is 10.6 Å². The lowest BCUT2D eigenvalue weighted by Gasteiger charge is -2.23. The number of fused-ring (bicyclic) bond motifs is 1. The maximum atomic E-state index is 12.8. The van der Waals surface area contributed by atoms with Crippen LogP contribution in [-0.4, -0.2) is 56.9 Å². The van der Waals surface area contributed by atoms with Crippen LogP contribution in [0.25, 0.3) is 0 Å². The molecule has 0 saturated carbocycles. The number of hydrogen-bond acceptors (Lipinski definition) is 5. The number of rotatable bonds is 4. The summed E-state index contributed by atoms with van der Waals surface area (Å²) in [6, 6.07) is 6.54. The predicted molar refractivity (Wildman–Crippen MR) is 103 cm³/mol. The Morgan fingerprint density at radius 1 is 1.17 bits per heavy atom. The first kappa shape index (κ1) is 18.9. The maximum absolute atomic E-state index is 12.8. The van der Waals surface area contributed by atoms with E-state index in [9.17, 15) is 19.2 Å². The van der Waals surface area contributed by atoms with Crippen molar-refractivity contribution in [2.24, 2.45) is 7.05 Å². The minimum atomic E-state index is -1.02. The minimum Gasteiger partial charge on any atom is -0.342 e. The van der Waals surface area contributed by atoms with Gasteiger partial charge in [0.25, 0.3) is 17.7 Å². The summed E-state index contributed by atoms with van der Waals surface area (Å²) in [6.45, 7) is 3.77. The fourth-order valence-corrected chi connectivity index (χ4v) is 3.86. The first-order chi connectivity index (χ1) is 13.8. The van der Waals surface area contributed by atoms with Gasteiger partial charge in [-0.1, -0.05) is 12.1 Å². The molecule has 4 amide bonds. The Bertz CT molecular complexity index is 1010. The van der Waals surface area contributed by atoms with Crippen LogP contribution in [0.2, 0.25) is 0 Å². The molecule has 1 saturated heterocycles. The van der Waals surface area contributed by atoms with Crippen molar-refractivity contribution in [2.45, 2.75) is 32.4 Å². The normalized spacial score (nSPS) is 19.7. The zero-order valence-corrected chi connectivity index (χ0v) is 16.4. The topological polar surface area (TPSA) is 105 Å². The molecule has 1 aromatic carbocycles. The number of aryl methyl sites for hydroxylation is 2. The van der Waals surface area contributed by atoms with Gasteiger partial charge in [0.15, 0.2) is 0 Å². The van der Waals surface area contributed by atoms with Gasteiger partial charge in [-0.2, -0.15) is 5.10 Å². The Hall–Kier alpha value is -3.49. The third-order valence-corrected chi connectivity index (χ3v) is 5.37. The number of aromatic nitrogens is 2. The van der Waals surface area contributed by atoms with Gasteiger partial charge in [-0.15, -0.1) is 0 Å². The zero-order chi connectivity index (χ0) is 20.9. The summed E-state index contributed by atoms with van der Waals surface area (Å²) in [4.78, 5) is 53.2. The highest BCUT2D eigenvalue weighted by molar-refractivity contribution is 6.22. The lowest BCUT2D eigenvalue weighted by molar-refractivity contribution is -0.128. The molecular weight excluding hydrogens is 374 g/mol. The number of carbonyl (C=O) groups is 4. The smallest absolute Gasteiger partial charge is 0.262 e. The molecule has 2 unspecified atom stereocenters. The molecule has 2 aromatic rings. The number of nitrogens with zero attached hydrogens (tertiary/aromatic N) is 4. The van der Waals surface area contributed by atoms with Gasteiger partial charge in [-0.25, -0.2) is 0 Å². The number of carbonyl (C=O) groups excluding carboxylic acids is 4. The molecule has 2 aliphatic rings. The van der Waals surface area contributed by atoms with E-state index in [4.69, 9.17) is 0 Å². The van der Waals surface area contributed by atoms with Crippen molar-refractivity contribution < 1.29 is 19.2 Å². The molecule has 0 radical (unpaired) electrons. The molecule has 1 fully saturated rings. The van der Waals surface area contributed by atoms with Gasteiger partial charge in [0.2, 0.25) is 5.91 Å². The van der Waals surface area contributed by atoms with Crippen molar-refractivity contribution in [1.29, 1.82) is 0 Å². The van der Waals surface area contributed by atoms with Gasteiger partial charge >= 0.3 is 0 Å². The molecule has 4 rings (SSSR count). The fourth-order valence-electron chi connectivity index (χ4n) is 3.86. The Morgan fingerprint density at radius 2 is 1.79 bits per heavy atom. The summed E-state index contributed by atoms with van der Waals surface area (Å²) in [7, 11) is 1.76. The van der Waals surface area contributed by atoms with E-state index in [1.165, 1.54) is 6.92 Å². The van der Waals surface area contributed by atoms with Gasteiger partial charge in [0, 0.05) is 19.7 Å². The Balaban J connectivity index is 1.46. The number of hydrogen-bond donors (Lipinski definition) is 1. The van der Waals surface area contributed by atoms with Crippen LogP contribution >= 0.6 is 0 Å². The molecule has 0 aliphatic carbocycles. The molecule has 1 aromatic heterocycles. The second-order valence-electron chi connectivity index (χ2n) is 7.31. The highest BCUT2D eigenvalue weighted by Crippen LogP contribution is 2.25. The SMILES string of the molecule is Cc1cc(N2CCC(NC(=O)C(C)N3C(=O)c4ccccc4C3=O)C2=O)n(C)n1. The highest BCUT2D eigenvalue weighted by atomic mass is 16.2. The van der Waals surface area contributed by atoms with Crippen molar-refractivity contribution in [3.8, 4) is 0 Å². The van der Waals surface area contributed by atoms with Crippen LogP contribution in [0.5, 0.6) is 0 Å². The number of amides is 4. The second kappa shape index (κ2) is 6.84. The van der Waals surface area contributed by atoms with E-state index in [1.807, 2.05) is 13.0 Å². The quantitative estimate of drug-likeness (QED) is 0.765. The fraction of sp³-hybridized carbons (Fsp3) is 0.350. The van der Waals surface area contributed by atoms with Gasteiger partial charge < -0.3 is 5.32 Å². The summed E-state index contributed by atoms with van der Waals surface area (Å²) >= 11 is 0. The van der Waals surface area contributed by atoms with Crippen molar-refractivity contribution in [3.05, 3.63) is 47.2 Å². The first-order valence-corrected chi connectivity index (χ1v) is 9.39. The van der Waals surface area contributed by atoms with Crippen LogP contribution in [0.15, 0.2) is 30.3 Å². The summed E-state index contributed by atoms with van der Waals surface area (Å²) in [5.41, 5.74) is 1.36. The lowest BCUT2D eigenvalue weighted by atomic mass is 10.1. The number of imide groups is 1. The summed E-state index contributed by atoms with van der Waals surface area (Å²) in [6.07, 6.45) is 0.434. The van der Waals surface area contributed by atoms with E-state index < -0.39 is 29.8 Å². The molecule has 150 valence electrons. The molecule has 29 heavy (non-hydrogen) atoms. The standard InChI is InChI=1S/C20H21N5O4/c1-11-10-16(23(3)22-11)24-9-8-15(20(24)29)21-17(26)12(2)25-18(27)13-6-4-5-7-14(13)19(25)28/h4-7,10,12,15H,8-9H2,1-3H3,(H,21,26). The summed E-state index contributed by atoms with van der Waals surface area (Å²) < 4.78 is 1.62. The predicted octanol–water partition coefficient (Wildman–Crippen LogP) is 0.635. The van der Waals surface area contributed by atoms with Gasteiger partial charge in [-0.3, -0.25) is 33.7 Å². The van der Waals surface area contributed by atoms with E-state index in [-0.39, 0.29) is 17.0 Å². The van der Waals surface area contributed by atoms with Crippen molar-refractivity contribution >= 4 is 29.4 Å². The molecule has 0 bridgehead atoms. The Labute approximate surface area is 167 Å². The van der Waals surface area contributed by atoms with E-state index in [0.29, 0.717) is 18.8 Å². The molecule has 9 nitrogen and oxygen atoms in total. The van der Waals surface area contributed by atoms with Gasteiger partial charge in [0.05, 0.1) is 16.8 Å². The van der Waals surface area contributed by atoms with Crippen molar-refractivity contribution in [3.63, 3.8) is 0 Å². The van der Waals surface area contributed by atoms with E-state index >= 15 is 0 Å². The van der Waals surface area contributed by atoms with Crippen LogP contribution in [0.3, 0.4) is 0 Å². The zero-order valence-electron chi connectivity index (χ0n) is 16.4. The second-order valence-corrected chi connectivity index (χ2v) is 7.31. The lowest BCUT2D eigenvalue weighted by Crippen LogP contribution is -2.52. The van der Waals surface area contributed by atoms with Crippen LogP contribution < -0.4 is 10.2 Å². The number of anilines is 1. The third kappa shape index (κ3) is 2.98. The third-order valence-electron chi connectivity index (χ3n) is 5.37. The Morgan fingerprint density at radius 3 is 2.34 bits per heavy atom. The molecular formula is C20H21N5O4. The molecule has 2 atom stereocenters. The average molecular weight is 395 g/mol. The van der Waals surface area contributed by atoms with Crippen molar-refractivity contribution in [2.75, 3.05) is 11.4 Å². The van der Waals surface area contributed by atoms with Crippen LogP contribution in [0.4, 0.5) is 5.82 Å². The van der Waals surface area contributed by atoms with E-state index in [1.54, 1.807) is 40.9 Å². The van der Waals surface area contributed by atoms with Crippen LogP contribution in [0, 0.1) is 6.92 Å². The molecule has 0 spiro atoms. The minimum absolute atomic E-state index is 0.240. The van der Waals surface area contributed by atoms with Crippen LogP contribution in [-0.2, 0) is 16.6 Å². The highest BCUT2D eigenvalue weighted by Gasteiger charge is 2.42. The summed E-state index contributed by atoms with van der Waals surface area (Å²) in [5, 5.41) is 6.94. The first-order valence-electron chi connectivity index (χ1n) is 9.39. The molecule has 2 aliphatic heterocycles. The van der Waals surface area contributed by atoms with Crippen molar-refractivity contribution in [1.82, 2.24) is 20.0 Å². The van der Waals surface area contributed by atoms with Gasteiger partial charge in [-0.05, 0) is 32.4 Å². The molecule has 9 heteroatoms. The Kier molecular flexibility index (Phi) is 4.45. The summed E-state index contributed by atoms with van der Waals surface area (Å²) in [5.74, 6) is -1.12. The van der Waals surface area contributed by atoms with Crippen LogP contribution in [0.1, 0.15) is 39.8 Å². The maximum Gasteiger partial charge on any atom is 0.262 e. The monoisotopic (exact) mass is 395 g/mol. The molecule has 3 heterocycles. The number of nitrogens with one attached hydrogen (secondary N) is 1. The molecule has 1 N–H and O–H groups in total. The average Bonchev–Trinajstić information content (AvgIpc) is 3.30. The number of benzene rings is 1. The largest absolute Gasteiger partial charge is 0.342 e. The van der Waals surface area contributed by atoms with E-state index in [2.05, 4.69) is 10.4 Å². The van der Waals surface area contributed by atoms with Gasteiger partial charge in [0.1, 0.15) is 17.9 Å².